The molecule has 5 heteroatoms. The van der Waals surface area contributed by atoms with Crippen LogP contribution in [0.2, 0.25) is 0 Å². The van der Waals surface area contributed by atoms with Crippen molar-refractivity contribution in [2.24, 2.45) is 0 Å². The van der Waals surface area contributed by atoms with E-state index in [-0.39, 0.29) is 0 Å². The van der Waals surface area contributed by atoms with Crippen molar-refractivity contribution in [1.82, 2.24) is 15.0 Å². The first-order valence-electron chi connectivity index (χ1n) is 21.5. The highest BCUT2D eigenvalue weighted by Gasteiger charge is 2.19. The van der Waals surface area contributed by atoms with Crippen molar-refractivity contribution in [2.45, 2.75) is 0 Å². The van der Waals surface area contributed by atoms with E-state index < -0.39 is 0 Å². The van der Waals surface area contributed by atoms with Crippen LogP contribution in [0, 0.1) is 0 Å². The van der Waals surface area contributed by atoms with Crippen molar-refractivity contribution >= 4 is 84.7 Å². The zero-order chi connectivity index (χ0) is 42.1. The molecule has 0 fully saturated rings. The molecule has 0 radical (unpaired) electrons. The Bertz CT molecular complexity index is 3890. The minimum atomic E-state index is 0.713. The fourth-order valence-corrected chi connectivity index (χ4v) is 11.8. The van der Waals surface area contributed by atoms with Crippen LogP contribution in [0.25, 0.3) is 129 Å². The molecule has 0 bridgehead atoms. The zero-order valence-electron chi connectivity index (χ0n) is 34.4. The molecule has 0 amide bonds. The zero-order valence-corrected chi connectivity index (χ0v) is 36.0. The summed E-state index contributed by atoms with van der Waals surface area (Å²) in [6.45, 7) is 0. The molecule has 13 rings (SSSR count). The molecule has 298 valence electrons. The van der Waals surface area contributed by atoms with E-state index >= 15 is 0 Å². The summed E-state index contributed by atoms with van der Waals surface area (Å²) in [4.78, 5) is 15.6. The molecule has 64 heavy (non-hydrogen) atoms. The molecular weight excluding hydrogens is 815 g/mol. The number of hydrogen-bond acceptors (Lipinski definition) is 5. The maximum Gasteiger partial charge on any atom is 0.160 e. The largest absolute Gasteiger partial charge is 0.247 e. The van der Waals surface area contributed by atoms with Crippen molar-refractivity contribution in [3.05, 3.63) is 212 Å². The Morgan fingerprint density at radius 3 is 1.73 bits per heavy atom. The van der Waals surface area contributed by atoms with E-state index in [1.165, 1.54) is 73.2 Å². The molecule has 3 nitrogen and oxygen atoms in total. The van der Waals surface area contributed by atoms with E-state index in [1.807, 2.05) is 46.9 Å². The van der Waals surface area contributed by atoms with Gasteiger partial charge in [0.2, 0.25) is 0 Å². The number of rotatable bonds is 6. The second-order valence-corrected chi connectivity index (χ2v) is 18.4. The first-order valence-corrected chi connectivity index (χ1v) is 23.1. The summed E-state index contributed by atoms with van der Waals surface area (Å²) >= 11 is 3.73. The fraction of sp³-hybridized carbons (Fsp3) is 0. The number of thiophene rings is 2. The number of hydrogen-bond donors (Lipinski definition) is 0. The topological polar surface area (TPSA) is 38.7 Å². The quantitative estimate of drug-likeness (QED) is 0.156. The Labute approximate surface area is 377 Å². The van der Waals surface area contributed by atoms with E-state index in [2.05, 4.69) is 188 Å². The number of benzene rings is 9. The lowest BCUT2D eigenvalue weighted by atomic mass is 9.94. The summed E-state index contributed by atoms with van der Waals surface area (Å²) in [5.74, 6) is 0.713. The molecule has 0 atom stereocenters. The van der Waals surface area contributed by atoms with E-state index in [9.17, 15) is 0 Å². The minimum absolute atomic E-state index is 0.713. The summed E-state index contributed by atoms with van der Waals surface area (Å²) in [5.41, 5.74) is 12.7. The van der Waals surface area contributed by atoms with Gasteiger partial charge in [-0.3, -0.25) is 0 Å². The highest BCUT2D eigenvalue weighted by atomic mass is 32.1. The van der Waals surface area contributed by atoms with Crippen LogP contribution in [0.4, 0.5) is 0 Å². The van der Waals surface area contributed by atoms with Crippen LogP contribution in [-0.4, -0.2) is 15.0 Å². The van der Waals surface area contributed by atoms with Crippen LogP contribution in [-0.2, 0) is 0 Å². The first-order chi connectivity index (χ1) is 31.7. The monoisotopic (exact) mass is 849 g/mol. The normalized spacial score (nSPS) is 11.8. The van der Waals surface area contributed by atoms with Crippen molar-refractivity contribution in [3.8, 4) is 67.4 Å². The summed E-state index contributed by atoms with van der Waals surface area (Å²) in [6.07, 6.45) is 0. The third-order valence-corrected chi connectivity index (χ3v) is 14.8. The van der Waals surface area contributed by atoms with Gasteiger partial charge in [0.05, 0.1) is 22.6 Å². The molecule has 0 N–H and O–H groups in total. The maximum atomic E-state index is 5.47. The summed E-state index contributed by atoms with van der Waals surface area (Å²) in [7, 11) is 0. The molecule has 0 unspecified atom stereocenters. The van der Waals surface area contributed by atoms with Crippen LogP contribution in [0.3, 0.4) is 0 Å². The smallest absolute Gasteiger partial charge is 0.160 e. The van der Waals surface area contributed by atoms with Crippen LogP contribution in [0.1, 0.15) is 0 Å². The minimum Gasteiger partial charge on any atom is -0.247 e. The predicted molar refractivity (Wildman–Crippen MR) is 273 cm³/mol. The van der Waals surface area contributed by atoms with Gasteiger partial charge in [0.1, 0.15) is 0 Å². The van der Waals surface area contributed by atoms with E-state index in [0.717, 1.165) is 50.4 Å². The molecule has 13 aromatic rings. The molecule has 0 aliphatic carbocycles. The Hall–Kier alpha value is -7.83. The summed E-state index contributed by atoms with van der Waals surface area (Å²) < 4.78 is 5.15. The molecule has 9 aromatic carbocycles. The summed E-state index contributed by atoms with van der Waals surface area (Å²) in [6, 6.07) is 76.0. The SMILES string of the molecule is c1ccc(-c2cc(-c3cccc(-c4ccc5sc6c(-c7ccc8c(c7)nc(-c7ccccc7)c7ccc9sc%10ccccc%10c9c78)cccc6c5c4)c3)nc(-c3ccccc3)n2)cc1. The van der Waals surface area contributed by atoms with Gasteiger partial charge < -0.3 is 0 Å². The van der Waals surface area contributed by atoms with Crippen LogP contribution in [0.5, 0.6) is 0 Å². The Kier molecular flexibility index (Phi) is 8.58. The van der Waals surface area contributed by atoms with Crippen LogP contribution < -0.4 is 0 Å². The van der Waals surface area contributed by atoms with E-state index in [0.29, 0.717) is 5.82 Å². The van der Waals surface area contributed by atoms with Gasteiger partial charge >= 0.3 is 0 Å². The van der Waals surface area contributed by atoms with Gasteiger partial charge in [-0.1, -0.05) is 170 Å². The van der Waals surface area contributed by atoms with Crippen molar-refractivity contribution in [1.29, 1.82) is 0 Å². The third kappa shape index (κ3) is 6.12. The van der Waals surface area contributed by atoms with Gasteiger partial charge in [-0.15, -0.1) is 22.7 Å². The van der Waals surface area contributed by atoms with Gasteiger partial charge in [0.25, 0.3) is 0 Å². The number of pyridine rings is 1. The van der Waals surface area contributed by atoms with Crippen molar-refractivity contribution in [2.75, 3.05) is 0 Å². The predicted octanol–water partition coefficient (Wildman–Crippen LogP) is 16.9. The first kappa shape index (κ1) is 36.8. The molecule has 4 aromatic heterocycles. The molecule has 0 aliphatic heterocycles. The van der Waals surface area contributed by atoms with Gasteiger partial charge in [-0.25, -0.2) is 15.0 Å². The third-order valence-electron chi connectivity index (χ3n) is 12.5. The average Bonchev–Trinajstić information content (AvgIpc) is 3.95. The average molecular weight is 850 g/mol. The molecule has 0 saturated carbocycles. The standard InChI is InChI=1S/C59H35N3S2/c1-4-14-36(15-5-1)49-35-50(62-59(61-49)38-18-8-3-9-19-38)42-21-12-20-39(32-42)40-27-30-53-48(33-40)44-24-13-23-43(58(44)64-53)41-26-28-45-51(34-41)60-57(37-16-6-2-7-17-37)47-29-31-54-56(55(45)47)46-22-10-11-25-52(46)63-54/h1-35H. The second kappa shape index (κ2) is 14.9. The number of aromatic nitrogens is 3. The molecule has 0 spiro atoms. The van der Waals surface area contributed by atoms with Gasteiger partial charge in [-0.05, 0) is 64.7 Å². The molecule has 0 aliphatic rings. The van der Waals surface area contributed by atoms with Gasteiger partial charge in [-0.2, -0.15) is 0 Å². The summed E-state index contributed by atoms with van der Waals surface area (Å²) in [5, 5.41) is 8.76. The number of fused-ring (bicyclic) bond motifs is 10. The molecule has 0 saturated heterocycles. The Morgan fingerprint density at radius 1 is 0.297 bits per heavy atom. The van der Waals surface area contributed by atoms with Gasteiger partial charge in [0.15, 0.2) is 5.82 Å². The fourth-order valence-electron chi connectivity index (χ4n) is 9.43. The van der Waals surface area contributed by atoms with E-state index in [1.54, 1.807) is 0 Å². The highest BCUT2D eigenvalue weighted by Crippen LogP contribution is 2.46. The van der Waals surface area contributed by atoms with E-state index in [4.69, 9.17) is 15.0 Å². The lowest BCUT2D eigenvalue weighted by Crippen LogP contribution is -1.96. The second-order valence-electron chi connectivity index (χ2n) is 16.3. The molecule has 4 heterocycles. The van der Waals surface area contributed by atoms with Gasteiger partial charge in [0, 0.05) is 78.8 Å². The van der Waals surface area contributed by atoms with Crippen molar-refractivity contribution < 1.29 is 0 Å². The highest BCUT2D eigenvalue weighted by molar-refractivity contribution is 7.26. The maximum absolute atomic E-state index is 5.47. The number of nitrogens with zero attached hydrogens (tertiary/aromatic N) is 3. The van der Waals surface area contributed by atoms with Crippen LogP contribution in [0.15, 0.2) is 212 Å². The molecular formula is C59H35N3S2. The Morgan fingerprint density at radius 2 is 0.906 bits per heavy atom. The lowest BCUT2D eigenvalue weighted by Gasteiger charge is -2.13. The van der Waals surface area contributed by atoms with Crippen LogP contribution >= 0.6 is 22.7 Å². The Balaban J connectivity index is 0.932. The lowest BCUT2D eigenvalue weighted by molar-refractivity contribution is 1.18. The van der Waals surface area contributed by atoms with Crippen molar-refractivity contribution in [3.63, 3.8) is 0 Å².